The van der Waals surface area contributed by atoms with Crippen LogP contribution < -0.4 is 5.32 Å². The molecule has 0 aliphatic heterocycles. The Kier molecular flexibility index (Phi) is 5.21. The summed E-state index contributed by atoms with van der Waals surface area (Å²) in [6, 6.07) is 4.57. The van der Waals surface area contributed by atoms with E-state index in [1.807, 2.05) is 0 Å². The minimum atomic E-state index is 1.01. The van der Waals surface area contributed by atoms with Gasteiger partial charge in [-0.05, 0) is 76.1 Å². The van der Waals surface area contributed by atoms with Gasteiger partial charge in [-0.1, -0.05) is 29.3 Å². The van der Waals surface area contributed by atoms with Gasteiger partial charge in [0.25, 0.3) is 0 Å². The number of aryl methyl sites for hydroxylation is 3. The van der Waals surface area contributed by atoms with E-state index >= 15 is 0 Å². The SMILES string of the molecule is Cc1cc(C)c(CNCCC2=CCCCC2)c(C)c1. The number of rotatable bonds is 5. The second-order valence-corrected chi connectivity index (χ2v) is 5.91. The Balaban J connectivity index is 1.81. The first-order valence-corrected chi connectivity index (χ1v) is 7.62. The predicted octanol–water partition coefficient (Wildman–Crippen LogP) is 4.59. The zero-order valence-electron chi connectivity index (χ0n) is 12.7. The second kappa shape index (κ2) is 6.91. The molecule has 0 bridgehead atoms. The van der Waals surface area contributed by atoms with Crippen molar-refractivity contribution in [1.82, 2.24) is 5.32 Å². The van der Waals surface area contributed by atoms with Gasteiger partial charge in [-0.15, -0.1) is 0 Å². The molecule has 0 spiro atoms. The highest BCUT2D eigenvalue weighted by molar-refractivity contribution is 5.37. The molecule has 0 saturated carbocycles. The molecule has 0 unspecified atom stereocenters. The molecule has 19 heavy (non-hydrogen) atoms. The lowest BCUT2D eigenvalue weighted by Crippen LogP contribution is -2.17. The molecule has 0 atom stereocenters. The van der Waals surface area contributed by atoms with Crippen LogP contribution in [0.2, 0.25) is 0 Å². The van der Waals surface area contributed by atoms with Crippen LogP contribution in [0.25, 0.3) is 0 Å². The fraction of sp³-hybridized carbons (Fsp3) is 0.556. The fourth-order valence-corrected chi connectivity index (χ4v) is 3.08. The molecule has 1 aliphatic carbocycles. The monoisotopic (exact) mass is 257 g/mol. The van der Waals surface area contributed by atoms with E-state index < -0.39 is 0 Å². The molecule has 0 aromatic heterocycles. The summed E-state index contributed by atoms with van der Waals surface area (Å²) in [7, 11) is 0. The van der Waals surface area contributed by atoms with Crippen molar-refractivity contribution in [2.75, 3.05) is 6.54 Å². The highest BCUT2D eigenvalue weighted by atomic mass is 14.8. The van der Waals surface area contributed by atoms with Crippen molar-refractivity contribution in [3.05, 3.63) is 46.0 Å². The topological polar surface area (TPSA) is 12.0 Å². The highest BCUT2D eigenvalue weighted by Crippen LogP contribution is 2.20. The quantitative estimate of drug-likeness (QED) is 0.601. The molecular weight excluding hydrogens is 230 g/mol. The van der Waals surface area contributed by atoms with Gasteiger partial charge in [0.1, 0.15) is 0 Å². The summed E-state index contributed by atoms with van der Waals surface area (Å²) in [6.07, 6.45) is 9.08. The third-order valence-corrected chi connectivity index (χ3v) is 4.15. The number of allylic oxidation sites excluding steroid dienone is 1. The summed E-state index contributed by atoms with van der Waals surface area (Å²) in [5, 5.41) is 3.61. The lowest BCUT2D eigenvalue weighted by atomic mass is 9.97. The molecule has 0 amide bonds. The summed E-state index contributed by atoms with van der Waals surface area (Å²) in [5.74, 6) is 0. The van der Waals surface area contributed by atoms with Crippen LogP contribution in [-0.2, 0) is 6.54 Å². The molecule has 0 heterocycles. The van der Waals surface area contributed by atoms with Gasteiger partial charge in [0.05, 0.1) is 0 Å². The summed E-state index contributed by atoms with van der Waals surface area (Å²) in [4.78, 5) is 0. The fourth-order valence-electron chi connectivity index (χ4n) is 3.08. The summed E-state index contributed by atoms with van der Waals surface area (Å²) >= 11 is 0. The van der Waals surface area contributed by atoms with Crippen molar-refractivity contribution in [3.63, 3.8) is 0 Å². The van der Waals surface area contributed by atoms with E-state index in [2.05, 4.69) is 44.3 Å². The van der Waals surface area contributed by atoms with Gasteiger partial charge in [0, 0.05) is 6.54 Å². The molecule has 0 radical (unpaired) electrons. The molecule has 0 fully saturated rings. The molecule has 0 saturated heterocycles. The first kappa shape index (κ1) is 14.3. The number of hydrogen-bond donors (Lipinski definition) is 1. The first-order valence-electron chi connectivity index (χ1n) is 7.62. The van der Waals surface area contributed by atoms with Gasteiger partial charge in [-0.2, -0.15) is 0 Å². The Hall–Kier alpha value is -1.08. The van der Waals surface area contributed by atoms with Crippen LogP contribution in [-0.4, -0.2) is 6.54 Å². The molecule has 1 N–H and O–H groups in total. The average Bonchev–Trinajstić information content (AvgIpc) is 2.38. The lowest BCUT2D eigenvalue weighted by Gasteiger charge is -2.15. The number of nitrogens with one attached hydrogen (secondary N) is 1. The Bertz CT molecular complexity index is 434. The zero-order valence-corrected chi connectivity index (χ0v) is 12.7. The van der Waals surface area contributed by atoms with Crippen LogP contribution in [0, 0.1) is 20.8 Å². The summed E-state index contributed by atoms with van der Waals surface area (Å²) in [6.45, 7) is 8.73. The van der Waals surface area contributed by atoms with E-state index in [1.54, 1.807) is 5.57 Å². The maximum atomic E-state index is 3.61. The summed E-state index contributed by atoms with van der Waals surface area (Å²) < 4.78 is 0. The molecule has 1 aromatic rings. The Morgan fingerprint density at radius 1 is 1.05 bits per heavy atom. The number of hydrogen-bond acceptors (Lipinski definition) is 1. The van der Waals surface area contributed by atoms with Crippen molar-refractivity contribution >= 4 is 0 Å². The van der Waals surface area contributed by atoms with E-state index in [0.29, 0.717) is 0 Å². The van der Waals surface area contributed by atoms with Crippen molar-refractivity contribution in [2.24, 2.45) is 0 Å². The van der Waals surface area contributed by atoms with E-state index in [-0.39, 0.29) is 0 Å². The molecule has 1 aliphatic rings. The second-order valence-electron chi connectivity index (χ2n) is 5.91. The summed E-state index contributed by atoms with van der Waals surface area (Å²) in [5.41, 5.74) is 7.34. The van der Waals surface area contributed by atoms with Gasteiger partial charge in [-0.3, -0.25) is 0 Å². The Labute approximate surface area is 118 Å². The largest absolute Gasteiger partial charge is 0.312 e. The van der Waals surface area contributed by atoms with Crippen molar-refractivity contribution in [1.29, 1.82) is 0 Å². The van der Waals surface area contributed by atoms with Crippen LogP contribution in [0.3, 0.4) is 0 Å². The van der Waals surface area contributed by atoms with E-state index in [9.17, 15) is 0 Å². The highest BCUT2D eigenvalue weighted by Gasteiger charge is 2.05. The van der Waals surface area contributed by atoms with E-state index in [1.165, 1.54) is 54.4 Å². The van der Waals surface area contributed by atoms with Gasteiger partial charge in [-0.25, -0.2) is 0 Å². The Morgan fingerprint density at radius 2 is 1.79 bits per heavy atom. The van der Waals surface area contributed by atoms with Gasteiger partial charge < -0.3 is 5.32 Å². The smallest absolute Gasteiger partial charge is 0.0210 e. The maximum absolute atomic E-state index is 3.61. The van der Waals surface area contributed by atoms with E-state index in [0.717, 1.165) is 13.1 Å². The minimum Gasteiger partial charge on any atom is -0.312 e. The maximum Gasteiger partial charge on any atom is 0.0210 e. The van der Waals surface area contributed by atoms with Crippen LogP contribution in [0.4, 0.5) is 0 Å². The lowest BCUT2D eigenvalue weighted by molar-refractivity contribution is 0.630. The molecule has 1 nitrogen and oxygen atoms in total. The Morgan fingerprint density at radius 3 is 2.42 bits per heavy atom. The molecule has 104 valence electrons. The molecule has 1 heteroatoms. The average molecular weight is 257 g/mol. The standard InChI is InChI=1S/C18H27N/c1-14-11-15(2)18(16(3)12-14)13-19-10-9-17-7-5-4-6-8-17/h7,11-12,19H,4-6,8-10,13H2,1-3H3. The van der Waals surface area contributed by atoms with Crippen LogP contribution in [0.1, 0.15) is 54.4 Å². The molecule has 2 rings (SSSR count). The third kappa shape index (κ3) is 4.21. The van der Waals surface area contributed by atoms with Gasteiger partial charge >= 0.3 is 0 Å². The zero-order chi connectivity index (χ0) is 13.7. The van der Waals surface area contributed by atoms with Gasteiger partial charge in [0.2, 0.25) is 0 Å². The van der Waals surface area contributed by atoms with Crippen molar-refractivity contribution in [2.45, 2.75) is 59.4 Å². The van der Waals surface area contributed by atoms with Gasteiger partial charge in [0.15, 0.2) is 0 Å². The van der Waals surface area contributed by atoms with Crippen LogP contribution in [0.5, 0.6) is 0 Å². The minimum absolute atomic E-state index is 1.01. The van der Waals surface area contributed by atoms with Crippen LogP contribution >= 0.6 is 0 Å². The first-order chi connectivity index (χ1) is 9.16. The van der Waals surface area contributed by atoms with Crippen molar-refractivity contribution in [3.8, 4) is 0 Å². The third-order valence-electron chi connectivity index (χ3n) is 4.15. The number of benzene rings is 1. The van der Waals surface area contributed by atoms with E-state index in [4.69, 9.17) is 0 Å². The van der Waals surface area contributed by atoms with Crippen LogP contribution in [0.15, 0.2) is 23.8 Å². The predicted molar refractivity (Wildman–Crippen MR) is 83.5 cm³/mol. The van der Waals surface area contributed by atoms with Crippen molar-refractivity contribution < 1.29 is 0 Å². The molecule has 1 aromatic carbocycles. The normalized spacial score (nSPS) is 15.4. The molecular formula is C18H27N.